The Kier molecular flexibility index (Phi) is 8.73. The number of H-pyrrole nitrogens is 1. The quantitative estimate of drug-likeness (QED) is 0.142. The zero-order valence-corrected chi connectivity index (χ0v) is 37.0. The van der Waals surface area contributed by atoms with E-state index in [9.17, 15) is 4.79 Å². The minimum absolute atomic E-state index is 0.0442. The number of esters is 1. The molecule has 61 heavy (non-hydrogen) atoms. The van der Waals surface area contributed by atoms with Crippen LogP contribution in [-0.2, 0) is 41.2 Å². The highest BCUT2D eigenvalue weighted by Crippen LogP contribution is 2.77. The minimum atomic E-state index is -1.11. The zero-order chi connectivity index (χ0) is 42.6. The number of nitrogens with one attached hydrogen (secondary N) is 2. The number of ketones is 1. The molecule has 0 saturated carbocycles. The standard InChI is InChI=1S/C47H54N4O9S/c1-11-26-27-15-25(55-9)12-13-29(27)49-43(26)46(48-7)17-32(53)47-35-34(42-40(58-19-59-42)21(3)39(35)60-24(6)52)44(47)50-22(4)30-16-31-28-14-20(2)38(56-10)41(57-18-54-8)33(28)36(51(30)31)37(50)45(47)61-23(46)5/h12-15,22,28,30-31,33,36-37,44-45,48-49H,5,11,16-19H2,1-4,6-10H3/t22-,28?,30-,31+,33?,36+,37+,44+,45-,46+,47?/m0/s1. The van der Waals surface area contributed by atoms with Gasteiger partial charge in [-0.25, -0.2) is 0 Å². The molecule has 2 N–H and O–H groups in total. The van der Waals surface area contributed by atoms with Crippen molar-refractivity contribution in [1.29, 1.82) is 0 Å². The SMILES string of the molecule is C=C1S[C@H]2[C@H]3[C@H]4C5C(OCOC)=C(OC)C(C)=CC5[C@H]5C[C@@H]([C@H](C)N3[C@@H]3c6c7c(c(C)c(OC(C)=O)c6C23C(=O)C[C@]1(NC)c1[nH]c2ccc(OC)cc2c1CC)OCO7)N54. The normalized spacial score (nSPS) is 35.2. The van der Waals surface area contributed by atoms with Gasteiger partial charge in [0, 0.05) is 106 Å². The number of carbonyl (C=O) groups is 2. The van der Waals surface area contributed by atoms with Gasteiger partial charge in [0.1, 0.15) is 23.0 Å². The number of nitrogens with zero attached hydrogens (tertiary/aromatic N) is 2. The second-order valence-electron chi connectivity index (χ2n) is 18.0. The van der Waals surface area contributed by atoms with Crippen molar-refractivity contribution in [3.8, 4) is 23.0 Å². The van der Waals surface area contributed by atoms with Crippen molar-refractivity contribution in [2.45, 2.75) is 106 Å². The van der Waals surface area contributed by atoms with Crippen LogP contribution in [-0.4, -0.2) is 104 Å². The summed E-state index contributed by atoms with van der Waals surface area (Å²) in [5, 5.41) is 4.40. The van der Waals surface area contributed by atoms with Gasteiger partial charge in [-0.3, -0.25) is 19.4 Å². The van der Waals surface area contributed by atoms with E-state index in [2.05, 4.69) is 53.0 Å². The van der Waals surface area contributed by atoms with Crippen LogP contribution in [0.3, 0.4) is 0 Å². The molecule has 11 atom stereocenters. The summed E-state index contributed by atoms with van der Waals surface area (Å²) in [5.41, 5.74) is 4.25. The molecule has 2 aromatic carbocycles. The molecule has 322 valence electrons. The van der Waals surface area contributed by atoms with E-state index in [4.69, 9.17) is 39.7 Å². The number of hydrogen-bond acceptors (Lipinski definition) is 13. The first-order valence-electron chi connectivity index (χ1n) is 21.5. The van der Waals surface area contributed by atoms with E-state index in [1.807, 2.05) is 26.1 Å². The van der Waals surface area contributed by atoms with E-state index >= 15 is 4.79 Å². The van der Waals surface area contributed by atoms with E-state index in [0.29, 0.717) is 28.9 Å². The number of rotatable bonds is 9. The third-order valence-corrected chi connectivity index (χ3v) is 17.4. The molecule has 5 fully saturated rings. The number of piperazine rings is 1. The number of ether oxygens (including phenoxy) is 7. The van der Waals surface area contributed by atoms with Crippen LogP contribution in [0.1, 0.15) is 74.5 Å². The fourth-order valence-electron chi connectivity index (χ4n) is 13.6. The van der Waals surface area contributed by atoms with Gasteiger partial charge in [0.15, 0.2) is 24.1 Å². The Bertz CT molecular complexity index is 2530. The summed E-state index contributed by atoms with van der Waals surface area (Å²) in [7, 11) is 6.96. The van der Waals surface area contributed by atoms with Crippen LogP contribution in [0.5, 0.6) is 23.0 Å². The highest BCUT2D eigenvalue weighted by Gasteiger charge is 2.81. The molecule has 0 radical (unpaired) electrons. The second kappa shape index (κ2) is 13.5. The van der Waals surface area contributed by atoms with Crippen LogP contribution in [0.15, 0.2) is 52.9 Å². The van der Waals surface area contributed by atoms with Crippen molar-refractivity contribution >= 4 is 34.4 Å². The molecule has 5 saturated heterocycles. The van der Waals surface area contributed by atoms with Crippen LogP contribution < -0.4 is 24.3 Å². The summed E-state index contributed by atoms with van der Waals surface area (Å²) >= 11 is 1.72. The fourth-order valence-corrected chi connectivity index (χ4v) is 15.3. The van der Waals surface area contributed by atoms with E-state index in [1.54, 1.807) is 33.1 Å². The van der Waals surface area contributed by atoms with Gasteiger partial charge in [-0.15, -0.1) is 11.8 Å². The maximum Gasteiger partial charge on any atom is 0.308 e. The van der Waals surface area contributed by atoms with Crippen LogP contribution in [0, 0.1) is 18.8 Å². The van der Waals surface area contributed by atoms with Gasteiger partial charge >= 0.3 is 5.97 Å². The topological polar surface area (TPSA) is 133 Å². The highest BCUT2D eigenvalue weighted by molar-refractivity contribution is 8.03. The lowest BCUT2D eigenvalue weighted by Crippen LogP contribution is -2.73. The van der Waals surface area contributed by atoms with Crippen molar-refractivity contribution in [2.24, 2.45) is 11.8 Å². The molecule has 1 spiro atoms. The van der Waals surface area contributed by atoms with Crippen molar-refractivity contribution in [3.05, 3.63) is 80.8 Å². The molecule has 3 aromatic rings. The molecule has 3 unspecified atom stereocenters. The maximum atomic E-state index is 16.5. The number of carbonyl (C=O) groups excluding carboxylic acids is 2. The fraction of sp³-hybridized carbons (Fsp3) is 0.532. The van der Waals surface area contributed by atoms with Gasteiger partial charge in [-0.1, -0.05) is 19.6 Å². The monoisotopic (exact) mass is 850 g/mol. The number of aromatic nitrogens is 1. The average molecular weight is 851 g/mol. The van der Waals surface area contributed by atoms with E-state index in [0.717, 1.165) is 73.9 Å². The Hall–Kier alpha value is -4.47. The summed E-state index contributed by atoms with van der Waals surface area (Å²) in [5.74, 6) is 3.64. The van der Waals surface area contributed by atoms with Gasteiger partial charge in [0.25, 0.3) is 0 Å². The Morgan fingerprint density at radius 2 is 1.89 bits per heavy atom. The Balaban J connectivity index is 1.17. The van der Waals surface area contributed by atoms with E-state index in [-0.39, 0.29) is 73.1 Å². The maximum absolute atomic E-state index is 16.5. The molecule has 1 aromatic heterocycles. The lowest BCUT2D eigenvalue weighted by Gasteiger charge is -2.61. The first-order valence-corrected chi connectivity index (χ1v) is 22.4. The number of Topliss-reactive ketones (excluding diaryl/α,β-unsaturated/α-hetero) is 1. The summed E-state index contributed by atoms with van der Waals surface area (Å²) in [6.07, 6.45) is 4.25. The predicted octanol–water partition coefficient (Wildman–Crippen LogP) is 6.28. The van der Waals surface area contributed by atoms with Crippen LogP contribution in [0.25, 0.3) is 10.9 Å². The van der Waals surface area contributed by atoms with Crippen LogP contribution in [0.2, 0.25) is 0 Å². The first-order chi connectivity index (χ1) is 29.4. The average Bonchev–Trinajstić information content (AvgIpc) is 3.96. The minimum Gasteiger partial charge on any atom is -0.497 e. The molecule has 2 aliphatic carbocycles. The Morgan fingerprint density at radius 1 is 1.10 bits per heavy atom. The van der Waals surface area contributed by atoms with Gasteiger partial charge < -0.3 is 43.5 Å². The summed E-state index contributed by atoms with van der Waals surface area (Å²) in [4.78, 5) is 39.7. The number of hydrogen-bond donors (Lipinski definition) is 2. The van der Waals surface area contributed by atoms with E-state index < -0.39 is 16.9 Å². The molecule has 13 nitrogen and oxygen atoms in total. The predicted molar refractivity (Wildman–Crippen MR) is 229 cm³/mol. The third kappa shape index (κ3) is 4.67. The number of methoxy groups -OCH3 is 3. The third-order valence-electron chi connectivity index (χ3n) is 15.8. The zero-order valence-electron chi connectivity index (χ0n) is 36.2. The Labute approximate surface area is 360 Å². The molecule has 8 aliphatic rings. The molecule has 7 heterocycles. The first kappa shape index (κ1) is 39.4. The molecule has 0 amide bonds. The van der Waals surface area contributed by atoms with Crippen molar-refractivity contribution in [1.82, 2.24) is 20.1 Å². The molecule has 11 rings (SSSR count). The van der Waals surface area contributed by atoms with Gasteiger partial charge in [-0.2, -0.15) is 0 Å². The number of benzene rings is 2. The molecular weight excluding hydrogens is 797 g/mol. The van der Waals surface area contributed by atoms with E-state index in [1.165, 1.54) is 6.92 Å². The number of fused-ring (bicyclic) bond motifs is 12. The highest BCUT2D eigenvalue weighted by atomic mass is 32.2. The lowest BCUT2D eigenvalue weighted by molar-refractivity contribution is -0.135. The number of allylic oxidation sites excluding steroid dienone is 1. The summed E-state index contributed by atoms with van der Waals surface area (Å²) in [6.45, 7) is 15.0. The summed E-state index contributed by atoms with van der Waals surface area (Å²) < 4.78 is 42.8. The molecule has 6 aliphatic heterocycles. The lowest BCUT2D eigenvalue weighted by atomic mass is 9.54. The number of likely N-dealkylation sites (N-methyl/N-ethyl adjacent to an activating group) is 1. The summed E-state index contributed by atoms with van der Waals surface area (Å²) in [6, 6.07) is 6.09. The number of aromatic amines is 1. The number of thioether (sulfide) groups is 1. The molecule has 14 heteroatoms. The molecular formula is C47H54N4O9S. The van der Waals surface area contributed by atoms with Crippen molar-refractivity contribution in [2.75, 3.05) is 42.0 Å². The smallest absolute Gasteiger partial charge is 0.308 e. The largest absolute Gasteiger partial charge is 0.497 e. The van der Waals surface area contributed by atoms with Crippen LogP contribution >= 0.6 is 11.8 Å². The Morgan fingerprint density at radius 3 is 2.59 bits per heavy atom. The van der Waals surface area contributed by atoms with Gasteiger partial charge in [-0.05, 0) is 70.0 Å². The van der Waals surface area contributed by atoms with Gasteiger partial charge in [0.05, 0.1) is 31.2 Å². The number of aryl methyl sites for hydroxylation is 1. The van der Waals surface area contributed by atoms with Gasteiger partial charge in [0.2, 0.25) is 6.79 Å². The van der Waals surface area contributed by atoms with Crippen molar-refractivity contribution in [3.63, 3.8) is 0 Å². The van der Waals surface area contributed by atoms with Crippen LogP contribution in [0.4, 0.5) is 0 Å². The van der Waals surface area contributed by atoms with Crippen molar-refractivity contribution < 1.29 is 42.7 Å². The second-order valence-corrected chi connectivity index (χ2v) is 19.3. The molecule has 0 bridgehead atoms.